The van der Waals surface area contributed by atoms with Crippen molar-refractivity contribution in [2.24, 2.45) is 7.05 Å². The lowest BCUT2D eigenvalue weighted by atomic mass is 9.91. The molecule has 0 aromatic carbocycles. The second-order valence-corrected chi connectivity index (χ2v) is 3.82. The van der Waals surface area contributed by atoms with E-state index in [1.807, 2.05) is 6.92 Å². The second kappa shape index (κ2) is 3.08. The first-order valence-electron chi connectivity index (χ1n) is 4.84. The second-order valence-electron chi connectivity index (χ2n) is 3.82. The maximum absolute atomic E-state index is 11.7. The number of fused-ring (bicyclic) bond motifs is 1. The number of pyridine rings is 1. The van der Waals surface area contributed by atoms with Gasteiger partial charge in [-0.1, -0.05) is 0 Å². The highest BCUT2D eigenvalue weighted by molar-refractivity contribution is 5.99. The third-order valence-corrected chi connectivity index (χ3v) is 2.85. The summed E-state index contributed by atoms with van der Waals surface area (Å²) in [7, 11) is 1.74. The highest BCUT2D eigenvalue weighted by atomic mass is 16.1. The van der Waals surface area contributed by atoms with Gasteiger partial charge < -0.3 is 4.57 Å². The highest BCUT2D eigenvalue weighted by Gasteiger charge is 2.21. The minimum atomic E-state index is -0.0176. The summed E-state index contributed by atoms with van der Waals surface area (Å²) in [5.74, 6) is 0.180. The number of aryl methyl sites for hydroxylation is 1. The van der Waals surface area contributed by atoms with Gasteiger partial charge in [-0.05, 0) is 25.3 Å². The minimum Gasteiger partial charge on any atom is -0.315 e. The molecule has 1 heterocycles. The lowest BCUT2D eigenvalue weighted by Gasteiger charge is -2.19. The summed E-state index contributed by atoms with van der Waals surface area (Å²) in [4.78, 5) is 23.1. The number of ketones is 1. The molecular formula is C11H13NO2. The lowest BCUT2D eigenvalue weighted by Crippen LogP contribution is -2.27. The summed E-state index contributed by atoms with van der Waals surface area (Å²) < 4.78 is 1.60. The Balaban J connectivity index is 2.79. The molecule has 0 spiro atoms. The Morgan fingerprint density at radius 2 is 2.00 bits per heavy atom. The molecule has 0 saturated heterocycles. The Bertz CT molecular complexity index is 457. The number of aromatic nitrogens is 1. The van der Waals surface area contributed by atoms with Crippen molar-refractivity contribution < 1.29 is 4.79 Å². The standard InChI is InChI=1S/C11H13NO2/c1-7-6-10(14)12(2)8-4-3-5-9(13)11(7)8/h6H,3-5H2,1-2H3. The Morgan fingerprint density at radius 3 is 2.71 bits per heavy atom. The summed E-state index contributed by atoms with van der Waals surface area (Å²) in [6.07, 6.45) is 2.32. The molecule has 0 bridgehead atoms. The molecule has 74 valence electrons. The smallest absolute Gasteiger partial charge is 0.250 e. The molecule has 1 aliphatic carbocycles. The van der Waals surface area contributed by atoms with E-state index in [2.05, 4.69) is 0 Å². The predicted molar refractivity (Wildman–Crippen MR) is 53.7 cm³/mol. The van der Waals surface area contributed by atoms with Gasteiger partial charge in [0.15, 0.2) is 5.78 Å². The number of carbonyl (C=O) groups is 1. The van der Waals surface area contributed by atoms with Gasteiger partial charge >= 0.3 is 0 Å². The summed E-state index contributed by atoms with van der Waals surface area (Å²) in [5.41, 5.74) is 2.49. The van der Waals surface area contributed by atoms with Crippen molar-refractivity contribution in [1.82, 2.24) is 4.57 Å². The quantitative estimate of drug-likeness (QED) is 0.618. The van der Waals surface area contributed by atoms with Crippen molar-refractivity contribution in [3.05, 3.63) is 33.2 Å². The van der Waals surface area contributed by atoms with Crippen molar-refractivity contribution in [3.8, 4) is 0 Å². The zero-order chi connectivity index (χ0) is 10.3. The van der Waals surface area contributed by atoms with Crippen molar-refractivity contribution >= 4 is 5.78 Å². The van der Waals surface area contributed by atoms with Crippen LogP contribution < -0.4 is 5.56 Å². The topological polar surface area (TPSA) is 39.1 Å². The number of rotatable bonds is 0. The van der Waals surface area contributed by atoms with Crippen LogP contribution in [0.25, 0.3) is 0 Å². The molecule has 1 aromatic heterocycles. The van der Waals surface area contributed by atoms with Gasteiger partial charge in [-0.25, -0.2) is 0 Å². The largest absolute Gasteiger partial charge is 0.315 e. The lowest BCUT2D eigenvalue weighted by molar-refractivity contribution is 0.0970. The molecule has 1 aliphatic rings. The number of nitrogens with zero attached hydrogens (tertiary/aromatic N) is 1. The van der Waals surface area contributed by atoms with Gasteiger partial charge in [-0.3, -0.25) is 9.59 Å². The third kappa shape index (κ3) is 1.20. The molecule has 3 heteroatoms. The molecule has 0 N–H and O–H groups in total. The first-order valence-corrected chi connectivity index (χ1v) is 4.84. The molecule has 0 saturated carbocycles. The third-order valence-electron chi connectivity index (χ3n) is 2.85. The normalized spacial score (nSPS) is 15.4. The number of carbonyl (C=O) groups excluding carboxylic acids is 1. The molecule has 0 unspecified atom stereocenters. The van der Waals surface area contributed by atoms with Crippen LogP contribution in [0.1, 0.15) is 34.5 Å². The van der Waals surface area contributed by atoms with E-state index in [1.54, 1.807) is 17.7 Å². The van der Waals surface area contributed by atoms with Crippen LogP contribution in [0, 0.1) is 6.92 Å². The minimum absolute atomic E-state index is 0.0176. The number of hydrogen-bond donors (Lipinski definition) is 0. The first kappa shape index (κ1) is 9.19. The molecule has 2 rings (SSSR count). The molecule has 3 nitrogen and oxygen atoms in total. The van der Waals surface area contributed by atoms with Gasteiger partial charge in [0.05, 0.1) is 0 Å². The van der Waals surface area contributed by atoms with Crippen LogP contribution in [-0.4, -0.2) is 10.4 Å². The summed E-state index contributed by atoms with van der Waals surface area (Å²) in [6.45, 7) is 1.84. The van der Waals surface area contributed by atoms with Gasteiger partial charge in [0.1, 0.15) is 0 Å². The zero-order valence-corrected chi connectivity index (χ0v) is 8.46. The maximum Gasteiger partial charge on any atom is 0.250 e. The Labute approximate surface area is 82.4 Å². The number of hydrogen-bond acceptors (Lipinski definition) is 2. The van der Waals surface area contributed by atoms with Gasteiger partial charge in [-0.15, -0.1) is 0 Å². The molecular weight excluding hydrogens is 178 g/mol. The summed E-state index contributed by atoms with van der Waals surface area (Å²) >= 11 is 0. The van der Waals surface area contributed by atoms with Crippen LogP contribution in [0.3, 0.4) is 0 Å². The van der Waals surface area contributed by atoms with E-state index in [9.17, 15) is 9.59 Å². The fourth-order valence-corrected chi connectivity index (χ4v) is 2.10. The monoisotopic (exact) mass is 191 g/mol. The highest BCUT2D eigenvalue weighted by Crippen LogP contribution is 2.21. The molecule has 0 amide bonds. The van der Waals surface area contributed by atoms with E-state index in [1.165, 1.54) is 0 Å². The van der Waals surface area contributed by atoms with E-state index in [0.29, 0.717) is 6.42 Å². The fraction of sp³-hybridized carbons (Fsp3) is 0.455. The van der Waals surface area contributed by atoms with E-state index >= 15 is 0 Å². The average molecular weight is 191 g/mol. The van der Waals surface area contributed by atoms with Crippen molar-refractivity contribution in [1.29, 1.82) is 0 Å². The van der Waals surface area contributed by atoms with E-state index < -0.39 is 0 Å². The van der Waals surface area contributed by atoms with Crippen molar-refractivity contribution in [2.45, 2.75) is 26.2 Å². The van der Waals surface area contributed by atoms with Crippen molar-refractivity contribution in [3.63, 3.8) is 0 Å². The molecule has 0 fully saturated rings. The molecule has 14 heavy (non-hydrogen) atoms. The number of Topliss-reactive ketones (excluding diaryl/α,β-unsaturated/α-hetero) is 1. The van der Waals surface area contributed by atoms with Gasteiger partial charge in [0, 0.05) is 30.8 Å². The first-order chi connectivity index (χ1) is 6.61. The fourth-order valence-electron chi connectivity index (χ4n) is 2.10. The predicted octanol–water partition coefficient (Wildman–Crippen LogP) is 1.21. The van der Waals surface area contributed by atoms with E-state index in [-0.39, 0.29) is 11.3 Å². The van der Waals surface area contributed by atoms with Crippen LogP contribution in [0.5, 0.6) is 0 Å². The van der Waals surface area contributed by atoms with Gasteiger partial charge in [0.2, 0.25) is 0 Å². The van der Waals surface area contributed by atoms with E-state index in [4.69, 9.17) is 0 Å². The zero-order valence-electron chi connectivity index (χ0n) is 8.46. The Hall–Kier alpha value is -1.38. The van der Waals surface area contributed by atoms with Crippen LogP contribution >= 0.6 is 0 Å². The van der Waals surface area contributed by atoms with Gasteiger partial charge in [0.25, 0.3) is 5.56 Å². The average Bonchev–Trinajstić information content (AvgIpc) is 2.14. The van der Waals surface area contributed by atoms with Crippen LogP contribution in [0.2, 0.25) is 0 Å². The van der Waals surface area contributed by atoms with Crippen LogP contribution in [0.4, 0.5) is 0 Å². The maximum atomic E-state index is 11.7. The SMILES string of the molecule is Cc1cc(=O)n(C)c2c1C(=O)CCC2. The molecule has 0 aliphatic heterocycles. The van der Waals surface area contributed by atoms with Crippen molar-refractivity contribution in [2.75, 3.05) is 0 Å². The van der Waals surface area contributed by atoms with Crippen LogP contribution in [0.15, 0.2) is 10.9 Å². The van der Waals surface area contributed by atoms with Gasteiger partial charge in [-0.2, -0.15) is 0 Å². The molecule has 0 radical (unpaired) electrons. The summed E-state index contributed by atoms with van der Waals surface area (Å²) in [6, 6.07) is 1.54. The Kier molecular flexibility index (Phi) is 2.02. The van der Waals surface area contributed by atoms with E-state index in [0.717, 1.165) is 29.7 Å². The summed E-state index contributed by atoms with van der Waals surface area (Å²) in [5, 5.41) is 0. The Morgan fingerprint density at radius 1 is 1.29 bits per heavy atom. The molecule has 1 aromatic rings. The van der Waals surface area contributed by atoms with Crippen LogP contribution in [-0.2, 0) is 13.5 Å². The molecule has 0 atom stereocenters.